The zero-order valence-corrected chi connectivity index (χ0v) is 14.7. The molecule has 0 aliphatic carbocycles. The second-order valence-electron chi connectivity index (χ2n) is 5.22. The molecule has 0 fully saturated rings. The molecule has 0 saturated carbocycles. The summed E-state index contributed by atoms with van der Waals surface area (Å²) in [6.45, 7) is 0. The van der Waals surface area contributed by atoms with Gasteiger partial charge in [-0.25, -0.2) is 13.2 Å². The number of carbonyl (C=O) groups excluding carboxylic acids is 1. The number of rotatable bonds is 4. The molecule has 0 radical (unpaired) electrons. The lowest BCUT2D eigenvalue weighted by Gasteiger charge is -2.03. The lowest BCUT2D eigenvalue weighted by molar-refractivity contribution is 0.0591. The van der Waals surface area contributed by atoms with Crippen LogP contribution >= 0.6 is 11.8 Å². The smallest absolute Gasteiger partial charge is 0.355 e. The van der Waals surface area contributed by atoms with Crippen molar-refractivity contribution in [1.82, 2.24) is 4.98 Å². The second kappa shape index (κ2) is 6.33. The first-order chi connectivity index (χ1) is 11.4. The van der Waals surface area contributed by atoms with Crippen molar-refractivity contribution in [2.75, 3.05) is 13.4 Å². The van der Waals surface area contributed by atoms with Gasteiger partial charge in [-0.2, -0.15) is 0 Å². The van der Waals surface area contributed by atoms with Gasteiger partial charge >= 0.3 is 5.97 Å². The predicted octanol–water partition coefficient (Wildman–Crippen LogP) is 3.51. The van der Waals surface area contributed by atoms with Crippen molar-refractivity contribution in [3.8, 4) is 0 Å². The molecule has 1 heterocycles. The molecule has 2 aromatic carbocycles. The minimum absolute atomic E-state index is 0.198. The number of carbonyl (C=O) groups is 1. The van der Waals surface area contributed by atoms with Gasteiger partial charge in [0.25, 0.3) is 0 Å². The zero-order valence-electron chi connectivity index (χ0n) is 13.1. The molecule has 0 amide bonds. The average molecular weight is 361 g/mol. The average Bonchev–Trinajstić information content (AvgIpc) is 2.92. The third kappa shape index (κ3) is 3.18. The summed E-state index contributed by atoms with van der Waals surface area (Å²) in [5, 5.41) is 0.775. The minimum atomic E-state index is -3.33. The van der Waals surface area contributed by atoms with Crippen LogP contribution in [0.1, 0.15) is 10.5 Å². The van der Waals surface area contributed by atoms with Crippen LogP contribution in [-0.2, 0) is 14.6 Å². The molecule has 124 valence electrons. The summed E-state index contributed by atoms with van der Waals surface area (Å²) in [5.41, 5.74) is 0.892. The third-order valence-corrected chi connectivity index (χ3v) is 5.75. The van der Waals surface area contributed by atoms with E-state index in [0.29, 0.717) is 16.1 Å². The first kappa shape index (κ1) is 16.6. The van der Waals surface area contributed by atoms with Gasteiger partial charge in [-0.05, 0) is 24.3 Å². The fourth-order valence-electron chi connectivity index (χ4n) is 2.34. The van der Waals surface area contributed by atoms with E-state index in [9.17, 15) is 13.2 Å². The molecular formula is C17H15NO4S2. The van der Waals surface area contributed by atoms with E-state index in [0.717, 1.165) is 16.5 Å². The standard InChI is InChI=1S/C17H15NO4S2/c1-22-17(19)15-16(23-11-6-4-3-5-7-11)13-9-8-12(24(2,20)21)10-14(13)18-15/h3-10,18H,1-2H3. The Bertz CT molecular complexity index is 1010. The number of hydrogen-bond donors (Lipinski definition) is 1. The summed E-state index contributed by atoms with van der Waals surface area (Å²) in [4.78, 5) is 17.0. The van der Waals surface area contributed by atoms with Crippen molar-refractivity contribution in [2.45, 2.75) is 14.7 Å². The number of methoxy groups -OCH3 is 1. The van der Waals surface area contributed by atoms with E-state index in [1.807, 2.05) is 30.3 Å². The number of sulfone groups is 1. The van der Waals surface area contributed by atoms with Gasteiger partial charge in [-0.15, -0.1) is 0 Å². The molecule has 0 aliphatic heterocycles. The van der Waals surface area contributed by atoms with Crippen LogP contribution in [0.2, 0.25) is 0 Å². The monoisotopic (exact) mass is 361 g/mol. The van der Waals surface area contributed by atoms with Crippen molar-refractivity contribution in [2.24, 2.45) is 0 Å². The summed E-state index contributed by atoms with van der Waals surface area (Å²) < 4.78 is 28.3. The molecule has 3 aromatic rings. The molecule has 0 bridgehead atoms. The van der Waals surface area contributed by atoms with Crippen LogP contribution in [0, 0.1) is 0 Å². The number of aromatic nitrogens is 1. The van der Waals surface area contributed by atoms with Crippen LogP contribution in [0.3, 0.4) is 0 Å². The molecular weight excluding hydrogens is 346 g/mol. The van der Waals surface area contributed by atoms with Crippen molar-refractivity contribution in [1.29, 1.82) is 0 Å². The Hall–Kier alpha value is -2.25. The molecule has 1 aromatic heterocycles. The number of H-pyrrole nitrogens is 1. The largest absolute Gasteiger partial charge is 0.464 e. The number of nitrogens with one attached hydrogen (secondary N) is 1. The minimum Gasteiger partial charge on any atom is -0.464 e. The lowest BCUT2D eigenvalue weighted by atomic mass is 10.2. The van der Waals surface area contributed by atoms with E-state index in [1.165, 1.54) is 24.9 Å². The van der Waals surface area contributed by atoms with Crippen LogP contribution in [-0.4, -0.2) is 32.7 Å². The maximum atomic E-state index is 12.1. The fourth-order valence-corrected chi connectivity index (χ4v) is 4.04. The molecule has 0 unspecified atom stereocenters. The van der Waals surface area contributed by atoms with Gasteiger partial charge in [0.1, 0.15) is 5.69 Å². The van der Waals surface area contributed by atoms with E-state index in [4.69, 9.17) is 4.74 Å². The number of esters is 1. The summed E-state index contributed by atoms with van der Waals surface area (Å²) >= 11 is 1.43. The Balaban J connectivity index is 2.19. The quantitative estimate of drug-likeness (QED) is 0.720. The van der Waals surface area contributed by atoms with Gasteiger partial charge in [-0.1, -0.05) is 36.0 Å². The number of aromatic amines is 1. The highest BCUT2D eigenvalue weighted by Crippen LogP contribution is 2.37. The topological polar surface area (TPSA) is 76.2 Å². The number of benzene rings is 2. The van der Waals surface area contributed by atoms with Gasteiger partial charge in [0, 0.05) is 22.1 Å². The molecule has 7 heteroatoms. The second-order valence-corrected chi connectivity index (χ2v) is 8.31. The fraction of sp³-hybridized carbons (Fsp3) is 0.118. The zero-order chi connectivity index (χ0) is 17.3. The highest BCUT2D eigenvalue weighted by Gasteiger charge is 2.20. The van der Waals surface area contributed by atoms with Crippen LogP contribution in [0.25, 0.3) is 10.9 Å². The molecule has 5 nitrogen and oxygen atoms in total. The summed E-state index contributed by atoms with van der Waals surface area (Å²) in [6, 6.07) is 14.4. The van der Waals surface area contributed by atoms with Gasteiger partial charge in [-0.3, -0.25) is 0 Å². The maximum Gasteiger partial charge on any atom is 0.355 e. The van der Waals surface area contributed by atoms with Crippen molar-refractivity contribution in [3.63, 3.8) is 0 Å². The predicted molar refractivity (Wildman–Crippen MR) is 93.3 cm³/mol. The SMILES string of the molecule is COC(=O)c1[nH]c2cc(S(C)(=O)=O)ccc2c1Sc1ccccc1. The van der Waals surface area contributed by atoms with Gasteiger partial charge in [0.05, 0.1) is 16.9 Å². The molecule has 24 heavy (non-hydrogen) atoms. The highest BCUT2D eigenvalue weighted by atomic mass is 32.2. The van der Waals surface area contributed by atoms with E-state index in [2.05, 4.69) is 4.98 Å². The van der Waals surface area contributed by atoms with Crippen LogP contribution in [0.4, 0.5) is 0 Å². The number of ether oxygens (including phenoxy) is 1. The third-order valence-electron chi connectivity index (χ3n) is 3.50. The molecule has 3 rings (SSSR count). The Morgan fingerprint density at radius 2 is 1.83 bits per heavy atom. The highest BCUT2D eigenvalue weighted by molar-refractivity contribution is 7.99. The van der Waals surface area contributed by atoms with Crippen LogP contribution < -0.4 is 0 Å². The van der Waals surface area contributed by atoms with E-state index >= 15 is 0 Å². The molecule has 0 aliphatic rings. The van der Waals surface area contributed by atoms with E-state index < -0.39 is 15.8 Å². The van der Waals surface area contributed by atoms with Crippen LogP contribution in [0.15, 0.2) is 63.2 Å². The van der Waals surface area contributed by atoms with Gasteiger partial charge in [0.2, 0.25) is 0 Å². The van der Waals surface area contributed by atoms with Crippen molar-refractivity contribution in [3.05, 3.63) is 54.2 Å². The molecule has 0 saturated heterocycles. The maximum absolute atomic E-state index is 12.1. The summed E-state index contributed by atoms with van der Waals surface area (Å²) in [6.07, 6.45) is 1.15. The van der Waals surface area contributed by atoms with E-state index in [-0.39, 0.29) is 4.90 Å². The normalized spacial score (nSPS) is 11.6. The van der Waals surface area contributed by atoms with Crippen LogP contribution in [0.5, 0.6) is 0 Å². The molecule has 1 N–H and O–H groups in total. The first-order valence-corrected chi connectivity index (χ1v) is 9.78. The summed E-state index contributed by atoms with van der Waals surface area (Å²) in [5.74, 6) is -0.495. The van der Waals surface area contributed by atoms with Gasteiger partial charge in [0.15, 0.2) is 9.84 Å². The number of fused-ring (bicyclic) bond motifs is 1. The first-order valence-electron chi connectivity index (χ1n) is 7.07. The number of hydrogen-bond acceptors (Lipinski definition) is 5. The van der Waals surface area contributed by atoms with E-state index in [1.54, 1.807) is 12.1 Å². The Kier molecular flexibility index (Phi) is 4.38. The Morgan fingerprint density at radius 1 is 1.12 bits per heavy atom. The van der Waals surface area contributed by atoms with Crippen molar-refractivity contribution < 1.29 is 17.9 Å². The van der Waals surface area contributed by atoms with Crippen molar-refractivity contribution >= 4 is 38.5 Å². The summed E-state index contributed by atoms with van der Waals surface area (Å²) in [7, 11) is -2.01. The Labute approximate surface area is 143 Å². The molecule has 0 atom stereocenters. The Morgan fingerprint density at radius 3 is 2.46 bits per heavy atom. The molecule has 0 spiro atoms. The lowest BCUT2D eigenvalue weighted by Crippen LogP contribution is -2.02. The van der Waals surface area contributed by atoms with Gasteiger partial charge < -0.3 is 9.72 Å².